The number of alkyl halides is 3. The number of nitriles is 1. The molecule has 0 aliphatic heterocycles. The van der Waals surface area contributed by atoms with Gasteiger partial charge in [-0.25, -0.2) is 0 Å². The van der Waals surface area contributed by atoms with Gasteiger partial charge in [0.15, 0.2) is 0 Å². The predicted octanol–water partition coefficient (Wildman–Crippen LogP) is 3.95. The lowest BCUT2D eigenvalue weighted by atomic mass is 10.2. The molecular weight excluding hydrogens is 269 g/mol. The summed E-state index contributed by atoms with van der Waals surface area (Å²) in [6, 6.07) is 10.8. The van der Waals surface area contributed by atoms with Gasteiger partial charge in [-0.15, -0.1) is 0 Å². The Kier molecular flexibility index (Phi) is 3.53. The molecule has 0 aliphatic carbocycles. The van der Waals surface area contributed by atoms with Crippen molar-refractivity contribution in [2.45, 2.75) is 6.18 Å². The standard InChI is InChI=1S/C14H9F3N2O/c15-14(16,17)10-3-1-2-4-12(10)20-13-6-5-9(8-18)7-11(13)19/h1-7H,19H2. The monoisotopic (exact) mass is 278 g/mol. The van der Waals surface area contributed by atoms with E-state index in [1.54, 1.807) is 0 Å². The summed E-state index contributed by atoms with van der Waals surface area (Å²) < 4.78 is 43.7. The van der Waals surface area contributed by atoms with Gasteiger partial charge in [0, 0.05) is 0 Å². The van der Waals surface area contributed by atoms with Crippen molar-refractivity contribution in [1.29, 1.82) is 5.26 Å². The van der Waals surface area contributed by atoms with E-state index in [0.29, 0.717) is 5.56 Å². The van der Waals surface area contributed by atoms with E-state index in [-0.39, 0.29) is 17.2 Å². The second-order valence-corrected chi connectivity index (χ2v) is 3.96. The molecule has 0 spiro atoms. The minimum absolute atomic E-state index is 0.0701. The van der Waals surface area contributed by atoms with Crippen molar-refractivity contribution in [3.8, 4) is 17.6 Å². The Labute approximate surface area is 113 Å². The van der Waals surface area contributed by atoms with Gasteiger partial charge in [-0.05, 0) is 30.3 Å². The van der Waals surface area contributed by atoms with Crippen LogP contribution in [0.25, 0.3) is 0 Å². The van der Waals surface area contributed by atoms with Crippen LogP contribution in [0.15, 0.2) is 42.5 Å². The van der Waals surface area contributed by atoms with E-state index in [9.17, 15) is 13.2 Å². The summed E-state index contributed by atoms with van der Waals surface area (Å²) in [5.74, 6) is -0.267. The number of benzene rings is 2. The van der Waals surface area contributed by atoms with Crippen molar-refractivity contribution < 1.29 is 17.9 Å². The van der Waals surface area contributed by atoms with Crippen molar-refractivity contribution in [3.05, 3.63) is 53.6 Å². The van der Waals surface area contributed by atoms with Crippen LogP contribution < -0.4 is 10.5 Å². The van der Waals surface area contributed by atoms with E-state index < -0.39 is 11.7 Å². The highest BCUT2D eigenvalue weighted by atomic mass is 19.4. The maximum absolute atomic E-state index is 12.8. The number of hydrogen-bond acceptors (Lipinski definition) is 3. The average molecular weight is 278 g/mol. The van der Waals surface area contributed by atoms with Gasteiger partial charge in [0.25, 0.3) is 0 Å². The maximum Gasteiger partial charge on any atom is 0.419 e. The number of anilines is 1. The Morgan fingerprint density at radius 3 is 2.35 bits per heavy atom. The first-order chi connectivity index (χ1) is 9.41. The zero-order chi connectivity index (χ0) is 14.8. The summed E-state index contributed by atoms with van der Waals surface area (Å²) in [6.07, 6.45) is -4.52. The highest BCUT2D eigenvalue weighted by molar-refractivity contribution is 5.58. The minimum atomic E-state index is -4.52. The maximum atomic E-state index is 12.8. The van der Waals surface area contributed by atoms with Crippen LogP contribution in [0.5, 0.6) is 11.5 Å². The fraction of sp³-hybridized carbons (Fsp3) is 0.0714. The molecule has 0 radical (unpaired) electrons. The van der Waals surface area contributed by atoms with E-state index in [0.717, 1.165) is 6.07 Å². The van der Waals surface area contributed by atoms with Gasteiger partial charge in [-0.2, -0.15) is 18.4 Å². The second kappa shape index (κ2) is 5.13. The van der Waals surface area contributed by atoms with Crippen LogP contribution in [0.2, 0.25) is 0 Å². The Bertz CT molecular complexity index is 675. The molecular formula is C14H9F3N2O. The van der Waals surface area contributed by atoms with E-state index in [1.165, 1.54) is 36.4 Å². The molecule has 0 saturated carbocycles. The number of ether oxygens (including phenoxy) is 1. The molecule has 2 N–H and O–H groups in total. The Hall–Kier alpha value is -2.68. The fourth-order valence-electron chi connectivity index (χ4n) is 1.62. The molecule has 0 saturated heterocycles. The summed E-state index contributed by atoms with van der Waals surface area (Å²) >= 11 is 0. The Balaban J connectivity index is 2.39. The highest BCUT2D eigenvalue weighted by Crippen LogP contribution is 2.39. The van der Waals surface area contributed by atoms with Crippen LogP contribution >= 0.6 is 0 Å². The molecule has 0 atom stereocenters. The number of rotatable bonds is 2. The number of nitrogens with two attached hydrogens (primary N) is 1. The van der Waals surface area contributed by atoms with Gasteiger partial charge >= 0.3 is 6.18 Å². The molecule has 2 aromatic rings. The molecule has 20 heavy (non-hydrogen) atoms. The molecule has 0 fully saturated rings. The summed E-state index contributed by atoms with van der Waals surface area (Å²) in [5.41, 5.74) is 5.16. The summed E-state index contributed by atoms with van der Waals surface area (Å²) in [5, 5.41) is 8.70. The SMILES string of the molecule is N#Cc1ccc(Oc2ccccc2C(F)(F)F)c(N)c1. The highest BCUT2D eigenvalue weighted by Gasteiger charge is 2.34. The molecule has 0 amide bonds. The van der Waals surface area contributed by atoms with Crippen LogP contribution in [0.1, 0.15) is 11.1 Å². The number of hydrogen-bond donors (Lipinski definition) is 1. The third kappa shape index (κ3) is 2.83. The predicted molar refractivity (Wildman–Crippen MR) is 67.1 cm³/mol. The van der Waals surface area contributed by atoms with E-state index in [2.05, 4.69) is 0 Å². The van der Waals surface area contributed by atoms with Gasteiger partial charge in [0.2, 0.25) is 0 Å². The number of nitrogen functional groups attached to an aromatic ring is 1. The summed E-state index contributed by atoms with van der Waals surface area (Å²) in [4.78, 5) is 0. The Morgan fingerprint density at radius 1 is 1.05 bits per heavy atom. The van der Waals surface area contributed by atoms with Gasteiger partial charge < -0.3 is 10.5 Å². The first-order valence-corrected chi connectivity index (χ1v) is 5.55. The molecule has 6 heteroatoms. The van der Waals surface area contributed by atoms with Crippen LogP contribution in [0.4, 0.5) is 18.9 Å². The first-order valence-electron chi connectivity index (χ1n) is 5.55. The summed E-state index contributed by atoms with van der Waals surface area (Å²) in [7, 11) is 0. The zero-order valence-corrected chi connectivity index (χ0v) is 10.1. The van der Waals surface area contributed by atoms with Crippen molar-refractivity contribution in [2.24, 2.45) is 0 Å². The molecule has 0 aliphatic rings. The smallest absolute Gasteiger partial charge is 0.419 e. The molecule has 3 nitrogen and oxygen atoms in total. The quantitative estimate of drug-likeness (QED) is 0.846. The summed E-state index contributed by atoms with van der Waals surface area (Å²) in [6.45, 7) is 0. The number of halogens is 3. The Morgan fingerprint density at radius 2 is 1.75 bits per heavy atom. The third-order valence-corrected chi connectivity index (χ3v) is 2.55. The van der Waals surface area contributed by atoms with Crippen LogP contribution in [0.3, 0.4) is 0 Å². The third-order valence-electron chi connectivity index (χ3n) is 2.55. The lowest BCUT2D eigenvalue weighted by Gasteiger charge is -2.14. The van der Waals surface area contributed by atoms with Gasteiger partial charge in [-0.3, -0.25) is 0 Å². The molecule has 2 aromatic carbocycles. The lowest BCUT2D eigenvalue weighted by Crippen LogP contribution is -2.07. The zero-order valence-electron chi connectivity index (χ0n) is 10.1. The molecule has 0 bridgehead atoms. The van der Waals surface area contributed by atoms with Gasteiger partial charge in [-0.1, -0.05) is 12.1 Å². The van der Waals surface area contributed by atoms with Crippen molar-refractivity contribution in [2.75, 3.05) is 5.73 Å². The van der Waals surface area contributed by atoms with E-state index in [1.807, 2.05) is 6.07 Å². The molecule has 0 heterocycles. The van der Waals surface area contributed by atoms with Crippen LogP contribution in [0, 0.1) is 11.3 Å². The van der Waals surface area contributed by atoms with Crippen molar-refractivity contribution in [1.82, 2.24) is 0 Å². The fourth-order valence-corrected chi connectivity index (χ4v) is 1.62. The van der Waals surface area contributed by atoms with Crippen molar-refractivity contribution in [3.63, 3.8) is 0 Å². The van der Waals surface area contributed by atoms with Gasteiger partial charge in [0.1, 0.15) is 11.5 Å². The van der Waals surface area contributed by atoms with Gasteiger partial charge in [0.05, 0.1) is 22.9 Å². The second-order valence-electron chi connectivity index (χ2n) is 3.96. The lowest BCUT2D eigenvalue weighted by molar-refractivity contribution is -0.138. The van der Waals surface area contributed by atoms with Crippen LogP contribution in [-0.2, 0) is 6.18 Å². The van der Waals surface area contributed by atoms with E-state index in [4.69, 9.17) is 15.7 Å². The van der Waals surface area contributed by atoms with Crippen LogP contribution in [-0.4, -0.2) is 0 Å². The largest absolute Gasteiger partial charge is 0.455 e. The average Bonchev–Trinajstić information content (AvgIpc) is 2.40. The van der Waals surface area contributed by atoms with E-state index >= 15 is 0 Å². The molecule has 102 valence electrons. The topological polar surface area (TPSA) is 59.0 Å². The normalized spacial score (nSPS) is 10.9. The first kappa shape index (κ1) is 13.7. The number of nitrogens with zero attached hydrogens (tertiary/aromatic N) is 1. The molecule has 0 unspecified atom stereocenters. The van der Waals surface area contributed by atoms with Crippen molar-refractivity contribution >= 4 is 5.69 Å². The number of para-hydroxylation sites is 1. The minimum Gasteiger partial charge on any atom is -0.455 e. The molecule has 2 rings (SSSR count). The molecule has 0 aromatic heterocycles.